The highest BCUT2D eigenvalue weighted by atomic mass is 19.1. The lowest BCUT2D eigenvalue weighted by atomic mass is 10.2. The van der Waals surface area contributed by atoms with E-state index in [0.717, 1.165) is 37.4 Å². The van der Waals surface area contributed by atoms with Crippen LogP contribution in [0.1, 0.15) is 5.56 Å². The molecule has 14 heavy (non-hydrogen) atoms. The van der Waals surface area contributed by atoms with Crippen molar-refractivity contribution in [1.29, 1.82) is 0 Å². The van der Waals surface area contributed by atoms with Gasteiger partial charge in [0.05, 0.1) is 0 Å². The third-order valence-corrected chi connectivity index (χ3v) is 2.62. The molecule has 0 aromatic heterocycles. The Morgan fingerprint density at radius 1 is 1.29 bits per heavy atom. The summed E-state index contributed by atoms with van der Waals surface area (Å²) >= 11 is 0. The van der Waals surface area contributed by atoms with Gasteiger partial charge in [-0.1, -0.05) is 0 Å². The van der Waals surface area contributed by atoms with Gasteiger partial charge in [-0.25, -0.2) is 4.39 Å². The van der Waals surface area contributed by atoms with E-state index in [1.54, 1.807) is 13.0 Å². The smallest absolute Gasteiger partial charge is 0.126 e. The van der Waals surface area contributed by atoms with Crippen molar-refractivity contribution in [2.24, 2.45) is 0 Å². The van der Waals surface area contributed by atoms with Crippen LogP contribution in [0.25, 0.3) is 0 Å². The van der Waals surface area contributed by atoms with Gasteiger partial charge in [0, 0.05) is 31.9 Å². The van der Waals surface area contributed by atoms with E-state index in [0.29, 0.717) is 0 Å². The predicted molar refractivity (Wildman–Crippen MR) is 56.2 cm³/mol. The minimum Gasteiger partial charge on any atom is -0.369 e. The second-order valence-electron chi connectivity index (χ2n) is 3.67. The van der Waals surface area contributed by atoms with Gasteiger partial charge in [0.2, 0.25) is 0 Å². The second-order valence-corrected chi connectivity index (χ2v) is 3.67. The molecule has 1 aromatic rings. The Hall–Kier alpha value is -1.09. The molecule has 0 spiro atoms. The van der Waals surface area contributed by atoms with E-state index >= 15 is 0 Å². The lowest BCUT2D eigenvalue weighted by Crippen LogP contribution is -2.43. The zero-order chi connectivity index (χ0) is 9.97. The van der Waals surface area contributed by atoms with Crippen molar-refractivity contribution >= 4 is 5.69 Å². The summed E-state index contributed by atoms with van der Waals surface area (Å²) in [7, 11) is 0. The molecule has 0 saturated carbocycles. The summed E-state index contributed by atoms with van der Waals surface area (Å²) in [6.07, 6.45) is 0. The lowest BCUT2D eigenvalue weighted by molar-refractivity contribution is 0.586. The van der Waals surface area contributed by atoms with E-state index in [4.69, 9.17) is 0 Å². The van der Waals surface area contributed by atoms with Crippen LogP contribution >= 0.6 is 0 Å². The summed E-state index contributed by atoms with van der Waals surface area (Å²) in [5, 5.41) is 3.29. The van der Waals surface area contributed by atoms with E-state index < -0.39 is 0 Å². The fraction of sp³-hybridized carbons (Fsp3) is 0.455. The third kappa shape index (κ3) is 1.87. The topological polar surface area (TPSA) is 15.3 Å². The first kappa shape index (κ1) is 9.46. The first-order valence-electron chi connectivity index (χ1n) is 4.99. The van der Waals surface area contributed by atoms with Gasteiger partial charge >= 0.3 is 0 Å². The molecule has 2 rings (SSSR count). The lowest BCUT2D eigenvalue weighted by Gasteiger charge is -2.29. The molecular formula is C11H15FN2. The highest BCUT2D eigenvalue weighted by Gasteiger charge is 2.10. The van der Waals surface area contributed by atoms with E-state index in [-0.39, 0.29) is 5.82 Å². The van der Waals surface area contributed by atoms with Crippen LogP contribution in [0.5, 0.6) is 0 Å². The van der Waals surface area contributed by atoms with Crippen LogP contribution in [0.4, 0.5) is 10.1 Å². The Bertz CT molecular complexity index is 319. The number of anilines is 1. The van der Waals surface area contributed by atoms with E-state index in [2.05, 4.69) is 10.2 Å². The number of piperazine rings is 1. The van der Waals surface area contributed by atoms with Gasteiger partial charge in [0.15, 0.2) is 0 Å². The highest BCUT2D eigenvalue weighted by Crippen LogP contribution is 2.18. The van der Waals surface area contributed by atoms with Gasteiger partial charge in [-0.2, -0.15) is 0 Å². The van der Waals surface area contributed by atoms with Crippen molar-refractivity contribution in [2.45, 2.75) is 6.92 Å². The summed E-state index contributed by atoms with van der Waals surface area (Å²) < 4.78 is 13.0. The molecule has 76 valence electrons. The predicted octanol–water partition coefficient (Wildman–Crippen LogP) is 1.54. The number of nitrogens with one attached hydrogen (secondary N) is 1. The average molecular weight is 194 g/mol. The number of aryl methyl sites for hydroxylation is 1. The maximum Gasteiger partial charge on any atom is 0.126 e. The first-order valence-corrected chi connectivity index (χ1v) is 4.99. The van der Waals surface area contributed by atoms with Crippen molar-refractivity contribution < 1.29 is 4.39 Å². The molecule has 1 fully saturated rings. The summed E-state index contributed by atoms with van der Waals surface area (Å²) in [6.45, 7) is 5.84. The standard InChI is InChI=1S/C11H15FN2/c1-9-8-10(2-3-11(9)12)14-6-4-13-5-7-14/h2-3,8,13H,4-7H2,1H3. The molecule has 1 heterocycles. The zero-order valence-corrected chi connectivity index (χ0v) is 8.39. The molecular weight excluding hydrogens is 179 g/mol. The minimum absolute atomic E-state index is 0.121. The van der Waals surface area contributed by atoms with E-state index in [1.807, 2.05) is 12.1 Å². The van der Waals surface area contributed by atoms with Crippen LogP contribution in [0.3, 0.4) is 0 Å². The summed E-state index contributed by atoms with van der Waals surface area (Å²) in [4.78, 5) is 2.28. The second kappa shape index (κ2) is 3.96. The normalized spacial score (nSPS) is 17.1. The van der Waals surface area contributed by atoms with Crippen molar-refractivity contribution in [3.63, 3.8) is 0 Å². The van der Waals surface area contributed by atoms with E-state index in [1.165, 1.54) is 0 Å². The largest absolute Gasteiger partial charge is 0.369 e. The maximum absolute atomic E-state index is 13.0. The van der Waals surface area contributed by atoms with Gasteiger partial charge in [-0.05, 0) is 30.7 Å². The Labute approximate surface area is 83.7 Å². The SMILES string of the molecule is Cc1cc(N2CCNCC2)ccc1F. The summed E-state index contributed by atoms with van der Waals surface area (Å²) in [5.74, 6) is -0.121. The first-order chi connectivity index (χ1) is 6.77. The monoisotopic (exact) mass is 194 g/mol. The number of hydrogen-bond donors (Lipinski definition) is 1. The highest BCUT2D eigenvalue weighted by molar-refractivity contribution is 5.49. The number of benzene rings is 1. The van der Waals surface area contributed by atoms with Crippen LogP contribution in [0.2, 0.25) is 0 Å². The van der Waals surface area contributed by atoms with Gasteiger partial charge in [-0.3, -0.25) is 0 Å². The molecule has 3 heteroatoms. The molecule has 0 aliphatic carbocycles. The Balaban J connectivity index is 2.18. The van der Waals surface area contributed by atoms with E-state index in [9.17, 15) is 4.39 Å². The number of hydrogen-bond acceptors (Lipinski definition) is 2. The van der Waals surface area contributed by atoms with Gasteiger partial charge in [0.1, 0.15) is 5.82 Å². The van der Waals surface area contributed by atoms with Crippen molar-refractivity contribution in [3.8, 4) is 0 Å². The molecule has 1 aliphatic rings. The van der Waals surface area contributed by atoms with Gasteiger partial charge in [-0.15, -0.1) is 0 Å². The Morgan fingerprint density at radius 2 is 2.00 bits per heavy atom. The Kier molecular flexibility index (Phi) is 2.68. The molecule has 0 amide bonds. The third-order valence-electron chi connectivity index (χ3n) is 2.62. The number of nitrogens with zero attached hydrogens (tertiary/aromatic N) is 1. The zero-order valence-electron chi connectivity index (χ0n) is 8.39. The van der Waals surface area contributed by atoms with Crippen LogP contribution in [0.15, 0.2) is 18.2 Å². The molecule has 0 bridgehead atoms. The summed E-state index contributed by atoms with van der Waals surface area (Å²) in [5.41, 5.74) is 1.85. The molecule has 0 unspecified atom stereocenters. The van der Waals surface area contributed by atoms with Crippen LogP contribution in [-0.2, 0) is 0 Å². The molecule has 1 saturated heterocycles. The molecule has 1 aromatic carbocycles. The molecule has 2 nitrogen and oxygen atoms in total. The maximum atomic E-state index is 13.0. The molecule has 0 radical (unpaired) electrons. The van der Waals surface area contributed by atoms with Crippen LogP contribution < -0.4 is 10.2 Å². The van der Waals surface area contributed by atoms with Crippen molar-refractivity contribution in [2.75, 3.05) is 31.1 Å². The van der Waals surface area contributed by atoms with Crippen molar-refractivity contribution in [1.82, 2.24) is 5.32 Å². The summed E-state index contributed by atoms with van der Waals surface area (Å²) in [6, 6.07) is 5.32. The van der Waals surface area contributed by atoms with Gasteiger partial charge < -0.3 is 10.2 Å². The fourth-order valence-corrected chi connectivity index (χ4v) is 1.75. The van der Waals surface area contributed by atoms with Gasteiger partial charge in [0.25, 0.3) is 0 Å². The molecule has 1 aliphatic heterocycles. The minimum atomic E-state index is -0.121. The molecule has 0 atom stereocenters. The Morgan fingerprint density at radius 3 is 2.64 bits per heavy atom. The fourth-order valence-electron chi connectivity index (χ4n) is 1.75. The quantitative estimate of drug-likeness (QED) is 0.729. The number of rotatable bonds is 1. The van der Waals surface area contributed by atoms with Crippen molar-refractivity contribution in [3.05, 3.63) is 29.6 Å². The molecule has 1 N–H and O–H groups in total. The average Bonchev–Trinajstić information content (AvgIpc) is 2.23. The van der Waals surface area contributed by atoms with Crippen LogP contribution in [0, 0.1) is 12.7 Å². The number of halogens is 1. The van der Waals surface area contributed by atoms with Crippen LogP contribution in [-0.4, -0.2) is 26.2 Å².